The molecule has 3 heteroatoms. The molecule has 0 aromatic carbocycles. The fraction of sp³-hybridized carbons (Fsp3) is 0.923. The van der Waals surface area contributed by atoms with Crippen LogP contribution in [0.5, 0.6) is 0 Å². The molecule has 2 N–H and O–H groups in total. The van der Waals surface area contributed by atoms with E-state index in [2.05, 4.69) is 24.5 Å². The predicted octanol–water partition coefficient (Wildman–Crippen LogP) is 1.54. The number of hydrogen-bond donors (Lipinski definition) is 2. The second kappa shape index (κ2) is 4.74. The molecule has 0 aromatic heterocycles. The maximum Gasteiger partial charge on any atom is 0.223 e. The average molecular weight is 224 g/mol. The molecule has 1 saturated carbocycles. The molecule has 1 unspecified atom stereocenters. The standard InChI is InChI=1S/C13H24N2O/c1-10(2)3-6-15-12(16)11-9-13(11)4-7-14-8-5-13/h10-11,14H,3-9H2,1-2H3,(H,15,16). The number of nitrogens with one attached hydrogen (secondary N) is 2. The highest BCUT2D eigenvalue weighted by molar-refractivity contribution is 5.82. The van der Waals surface area contributed by atoms with Gasteiger partial charge in [-0.05, 0) is 50.1 Å². The maximum absolute atomic E-state index is 11.9. The van der Waals surface area contributed by atoms with E-state index in [1.807, 2.05) is 0 Å². The fourth-order valence-electron chi connectivity index (χ4n) is 2.80. The zero-order chi connectivity index (χ0) is 11.6. The van der Waals surface area contributed by atoms with Crippen molar-refractivity contribution >= 4 is 5.91 Å². The molecule has 1 heterocycles. The molecule has 2 fully saturated rings. The third-order valence-electron chi connectivity index (χ3n) is 4.13. The summed E-state index contributed by atoms with van der Waals surface area (Å²) in [4.78, 5) is 11.9. The minimum absolute atomic E-state index is 0.308. The van der Waals surface area contributed by atoms with Crippen LogP contribution >= 0.6 is 0 Å². The van der Waals surface area contributed by atoms with E-state index in [0.717, 1.165) is 32.5 Å². The SMILES string of the molecule is CC(C)CCNC(=O)C1CC12CCNCC2. The largest absolute Gasteiger partial charge is 0.356 e. The molecule has 2 aliphatic rings. The van der Waals surface area contributed by atoms with Crippen LogP contribution < -0.4 is 10.6 Å². The molecule has 1 aliphatic carbocycles. The summed E-state index contributed by atoms with van der Waals surface area (Å²) in [6.45, 7) is 7.42. The van der Waals surface area contributed by atoms with Crippen LogP contribution in [0.15, 0.2) is 0 Å². The lowest BCUT2D eigenvalue weighted by Crippen LogP contribution is -2.34. The lowest BCUT2D eigenvalue weighted by Gasteiger charge is -2.23. The Labute approximate surface area is 98.4 Å². The van der Waals surface area contributed by atoms with Crippen molar-refractivity contribution in [2.24, 2.45) is 17.3 Å². The van der Waals surface area contributed by atoms with Crippen LogP contribution in [0.25, 0.3) is 0 Å². The lowest BCUT2D eigenvalue weighted by molar-refractivity contribution is -0.123. The number of carbonyl (C=O) groups excluding carboxylic acids is 1. The van der Waals surface area contributed by atoms with Crippen LogP contribution in [-0.4, -0.2) is 25.5 Å². The van der Waals surface area contributed by atoms with Gasteiger partial charge in [-0.15, -0.1) is 0 Å². The molecule has 3 nitrogen and oxygen atoms in total. The van der Waals surface area contributed by atoms with Crippen molar-refractivity contribution in [3.8, 4) is 0 Å². The summed E-state index contributed by atoms with van der Waals surface area (Å²) < 4.78 is 0. The first-order valence-electron chi connectivity index (χ1n) is 6.62. The third kappa shape index (κ3) is 2.57. The normalized spacial score (nSPS) is 27.1. The van der Waals surface area contributed by atoms with Crippen LogP contribution in [0.2, 0.25) is 0 Å². The Hall–Kier alpha value is -0.570. The zero-order valence-corrected chi connectivity index (χ0v) is 10.5. The van der Waals surface area contributed by atoms with Gasteiger partial charge in [0.15, 0.2) is 0 Å². The van der Waals surface area contributed by atoms with Crippen molar-refractivity contribution in [2.45, 2.75) is 39.5 Å². The van der Waals surface area contributed by atoms with E-state index in [1.54, 1.807) is 0 Å². The first-order valence-corrected chi connectivity index (χ1v) is 6.62. The molecule has 2 rings (SSSR count). The number of hydrogen-bond acceptors (Lipinski definition) is 2. The molecule has 92 valence electrons. The van der Waals surface area contributed by atoms with E-state index in [4.69, 9.17) is 0 Å². The smallest absolute Gasteiger partial charge is 0.223 e. The topological polar surface area (TPSA) is 41.1 Å². The van der Waals surface area contributed by atoms with Gasteiger partial charge in [-0.3, -0.25) is 4.79 Å². The summed E-state index contributed by atoms with van der Waals surface area (Å²) in [5.41, 5.74) is 0.382. The minimum atomic E-state index is 0.308. The lowest BCUT2D eigenvalue weighted by atomic mass is 9.92. The van der Waals surface area contributed by atoms with Crippen LogP contribution in [0.4, 0.5) is 0 Å². The predicted molar refractivity (Wildman–Crippen MR) is 65.1 cm³/mol. The Balaban J connectivity index is 1.71. The summed E-state index contributed by atoms with van der Waals surface area (Å²) in [5.74, 6) is 1.30. The van der Waals surface area contributed by atoms with Gasteiger partial charge in [0.1, 0.15) is 0 Å². The van der Waals surface area contributed by atoms with Crippen LogP contribution in [0.1, 0.15) is 39.5 Å². The maximum atomic E-state index is 11.9. The molecule has 0 aromatic rings. The van der Waals surface area contributed by atoms with Gasteiger partial charge < -0.3 is 10.6 Å². The van der Waals surface area contributed by atoms with Gasteiger partial charge >= 0.3 is 0 Å². The molecular formula is C13H24N2O. The van der Waals surface area contributed by atoms with E-state index in [9.17, 15) is 4.79 Å². The Morgan fingerprint density at radius 2 is 2.12 bits per heavy atom. The van der Waals surface area contributed by atoms with Crippen molar-refractivity contribution < 1.29 is 4.79 Å². The Morgan fingerprint density at radius 3 is 2.75 bits per heavy atom. The van der Waals surface area contributed by atoms with Crippen LogP contribution in [0.3, 0.4) is 0 Å². The molecule has 1 amide bonds. The summed E-state index contributed by atoms with van der Waals surface area (Å²) in [7, 11) is 0. The molecule has 16 heavy (non-hydrogen) atoms. The number of piperidine rings is 1. The first-order chi connectivity index (χ1) is 7.64. The van der Waals surface area contributed by atoms with Crippen molar-refractivity contribution in [1.29, 1.82) is 0 Å². The van der Waals surface area contributed by atoms with E-state index in [1.165, 1.54) is 12.8 Å². The van der Waals surface area contributed by atoms with Crippen molar-refractivity contribution in [3.63, 3.8) is 0 Å². The molecule has 0 radical (unpaired) electrons. The van der Waals surface area contributed by atoms with Crippen LogP contribution in [-0.2, 0) is 4.79 Å². The van der Waals surface area contributed by atoms with E-state index >= 15 is 0 Å². The summed E-state index contributed by atoms with van der Waals surface area (Å²) in [5, 5.41) is 6.45. The highest BCUT2D eigenvalue weighted by Crippen LogP contribution is 2.58. The van der Waals surface area contributed by atoms with Gasteiger partial charge in [0.25, 0.3) is 0 Å². The van der Waals surface area contributed by atoms with Gasteiger partial charge in [-0.2, -0.15) is 0 Å². The second-order valence-corrected chi connectivity index (χ2v) is 5.84. The molecule has 1 saturated heterocycles. The highest BCUT2D eigenvalue weighted by atomic mass is 16.2. The van der Waals surface area contributed by atoms with Crippen molar-refractivity contribution in [2.75, 3.05) is 19.6 Å². The summed E-state index contributed by atoms with van der Waals surface area (Å²) >= 11 is 0. The second-order valence-electron chi connectivity index (χ2n) is 5.84. The summed E-state index contributed by atoms with van der Waals surface area (Å²) in [6, 6.07) is 0. The average Bonchev–Trinajstić information content (AvgIpc) is 2.92. The quantitative estimate of drug-likeness (QED) is 0.760. The zero-order valence-electron chi connectivity index (χ0n) is 10.5. The number of amides is 1. The van der Waals surface area contributed by atoms with Gasteiger partial charge in [-0.1, -0.05) is 13.8 Å². The van der Waals surface area contributed by atoms with Gasteiger partial charge in [0, 0.05) is 12.5 Å². The Bertz CT molecular complexity index is 257. The molecular weight excluding hydrogens is 200 g/mol. The molecule has 1 aliphatic heterocycles. The Morgan fingerprint density at radius 1 is 1.44 bits per heavy atom. The van der Waals surface area contributed by atoms with E-state index in [0.29, 0.717) is 23.2 Å². The van der Waals surface area contributed by atoms with Crippen molar-refractivity contribution in [3.05, 3.63) is 0 Å². The Kier molecular flexibility index (Phi) is 3.53. The minimum Gasteiger partial charge on any atom is -0.356 e. The highest BCUT2D eigenvalue weighted by Gasteiger charge is 2.57. The van der Waals surface area contributed by atoms with E-state index in [-0.39, 0.29) is 0 Å². The number of rotatable bonds is 4. The van der Waals surface area contributed by atoms with E-state index < -0.39 is 0 Å². The molecule has 1 atom stereocenters. The number of carbonyl (C=O) groups is 1. The van der Waals surface area contributed by atoms with Gasteiger partial charge in [-0.25, -0.2) is 0 Å². The molecule has 0 bridgehead atoms. The monoisotopic (exact) mass is 224 g/mol. The van der Waals surface area contributed by atoms with Gasteiger partial charge in [0.2, 0.25) is 5.91 Å². The van der Waals surface area contributed by atoms with Crippen LogP contribution in [0, 0.1) is 17.3 Å². The first kappa shape index (κ1) is 11.9. The third-order valence-corrected chi connectivity index (χ3v) is 4.13. The summed E-state index contributed by atoms with van der Waals surface area (Å²) in [6.07, 6.45) is 4.60. The fourth-order valence-corrected chi connectivity index (χ4v) is 2.80. The van der Waals surface area contributed by atoms with Crippen molar-refractivity contribution in [1.82, 2.24) is 10.6 Å². The molecule has 1 spiro atoms. The van der Waals surface area contributed by atoms with Gasteiger partial charge in [0.05, 0.1) is 0 Å².